The first-order valence-corrected chi connectivity index (χ1v) is 11.4. The van der Waals surface area contributed by atoms with E-state index in [9.17, 15) is 4.39 Å². The minimum absolute atomic E-state index is 0.184. The number of rotatable bonds is 3. The molecule has 122 valence electrons. The molecule has 22 heavy (non-hydrogen) atoms. The first-order valence-electron chi connectivity index (χ1n) is 7.68. The predicted octanol–water partition coefficient (Wildman–Crippen LogP) is 5.70. The quantitative estimate of drug-likeness (QED) is 0.618. The molecule has 0 saturated heterocycles. The fourth-order valence-electron chi connectivity index (χ4n) is 2.18. The highest BCUT2D eigenvalue weighted by atomic mass is 79.9. The van der Waals surface area contributed by atoms with Crippen molar-refractivity contribution in [3.63, 3.8) is 0 Å². The Bertz CT molecular complexity index is 581. The highest BCUT2D eigenvalue weighted by Gasteiger charge is 2.39. The van der Waals surface area contributed by atoms with Gasteiger partial charge in [0, 0.05) is 24.0 Å². The standard InChI is InChI=1S/C17H25BrFNOSi/c1-17(2,3)22(4,5)21-14-8-10-20(11-9-14)16-7-6-13(18)12-15(16)19/h6-8,12H,9-11H2,1-5H3. The molecule has 0 fully saturated rings. The Morgan fingerprint density at radius 1 is 1.27 bits per heavy atom. The van der Waals surface area contributed by atoms with Crippen LogP contribution in [0.4, 0.5) is 10.1 Å². The number of hydrogen-bond donors (Lipinski definition) is 0. The third-order valence-electron chi connectivity index (χ3n) is 4.61. The molecule has 2 nitrogen and oxygen atoms in total. The van der Waals surface area contributed by atoms with Gasteiger partial charge in [0.15, 0.2) is 0 Å². The van der Waals surface area contributed by atoms with Gasteiger partial charge in [-0.3, -0.25) is 0 Å². The maximum Gasteiger partial charge on any atom is 0.250 e. The number of benzene rings is 1. The van der Waals surface area contributed by atoms with E-state index in [0.717, 1.165) is 23.2 Å². The number of anilines is 1. The van der Waals surface area contributed by atoms with Crippen LogP contribution in [0.2, 0.25) is 18.1 Å². The second-order valence-corrected chi connectivity index (χ2v) is 13.0. The Labute approximate surface area is 142 Å². The highest BCUT2D eigenvalue weighted by molar-refractivity contribution is 9.10. The predicted molar refractivity (Wildman–Crippen MR) is 97.3 cm³/mol. The van der Waals surface area contributed by atoms with Gasteiger partial charge in [0.1, 0.15) is 5.82 Å². The average Bonchev–Trinajstić information content (AvgIpc) is 2.38. The maximum atomic E-state index is 14.0. The first kappa shape index (κ1) is 17.5. The zero-order chi connectivity index (χ0) is 16.5. The second-order valence-electron chi connectivity index (χ2n) is 7.32. The normalized spacial score (nSPS) is 16.5. The number of nitrogens with zero attached hydrogens (tertiary/aromatic N) is 1. The smallest absolute Gasteiger partial charge is 0.250 e. The zero-order valence-corrected chi connectivity index (χ0v) is 16.6. The van der Waals surface area contributed by atoms with Gasteiger partial charge in [-0.1, -0.05) is 36.7 Å². The molecule has 1 aromatic carbocycles. The lowest BCUT2D eigenvalue weighted by Gasteiger charge is -2.39. The average molecular weight is 386 g/mol. The lowest BCUT2D eigenvalue weighted by molar-refractivity contribution is 0.360. The molecule has 1 aliphatic rings. The molecule has 0 saturated carbocycles. The lowest BCUT2D eigenvalue weighted by Crippen LogP contribution is -2.41. The van der Waals surface area contributed by atoms with Crippen LogP contribution in [0.3, 0.4) is 0 Å². The molecule has 0 aliphatic carbocycles. The van der Waals surface area contributed by atoms with E-state index in [0.29, 0.717) is 12.2 Å². The molecule has 0 radical (unpaired) electrons. The fraction of sp³-hybridized carbons (Fsp3) is 0.529. The van der Waals surface area contributed by atoms with Gasteiger partial charge in [-0.05, 0) is 42.4 Å². The number of hydrogen-bond acceptors (Lipinski definition) is 2. The van der Waals surface area contributed by atoms with E-state index in [1.807, 2.05) is 12.1 Å². The Balaban J connectivity index is 2.07. The van der Waals surface area contributed by atoms with Crippen LogP contribution in [0.1, 0.15) is 27.2 Å². The minimum Gasteiger partial charge on any atom is -0.547 e. The molecule has 0 aromatic heterocycles. The summed E-state index contributed by atoms with van der Waals surface area (Å²) in [4.78, 5) is 2.06. The number of halogens is 2. The molecule has 0 atom stereocenters. The van der Waals surface area contributed by atoms with Crippen LogP contribution < -0.4 is 4.90 Å². The Morgan fingerprint density at radius 2 is 1.95 bits per heavy atom. The molecule has 0 unspecified atom stereocenters. The van der Waals surface area contributed by atoms with Crippen molar-refractivity contribution < 1.29 is 8.82 Å². The molecule has 1 aromatic rings. The van der Waals surface area contributed by atoms with Crippen molar-refractivity contribution in [2.24, 2.45) is 0 Å². The van der Waals surface area contributed by atoms with Crippen LogP contribution in [0.15, 0.2) is 34.5 Å². The SMILES string of the molecule is CC(C)(C)[Si](C)(C)OC1=CCN(c2ccc(Br)cc2F)CC1. The Morgan fingerprint density at radius 3 is 2.45 bits per heavy atom. The van der Waals surface area contributed by atoms with Crippen LogP contribution >= 0.6 is 15.9 Å². The third-order valence-corrected chi connectivity index (χ3v) is 9.49. The molecule has 0 spiro atoms. The molecular weight excluding hydrogens is 361 g/mol. The van der Waals surface area contributed by atoms with Gasteiger partial charge in [0.25, 0.3) is 0 Å². The van der Waals surface area contributed by atoms with Crippen molar-refractivity contribution >= 4 is 29.9 Å². The molecule has 5 heteroatoms. The maximum absolute atomic E-state index is 14.0. The summed E-state index contributed by atoms with van der Waals surface area (Å²) in [6.45, 7) is 12.7. The van der Waals surface area contributed by atoms with Crippen LogP contribution in [-0.4, -0.2) is 21.4 Å². The van der Waals surface area contributed by atoms with Crippen molar-refractivity contribution in [1.82, 2.24) is 0 Å². The third kappa shape index (κ3) is 3.93. The van der Waals surface area contributed by atoms with Crippen molar-refractivity contribution in [2.45, 2.75) is 45.3 Å². The van der Waals surface area contributed by atoms with Gasteiger partial charge >= 0.3 is 0 Å². The van der Waals surface area contributed by atoms with E-state index in [-0.39, 0.29) is 10.9 Å². The van der Waals surface area contributed by atoms with Crippen LogP contribution in [0.25, 0.3) is 0 Å². The Kier molecular flexibility index (Phi) is 5.07. The molecule has 2 rings (SSSR count). The molecular formula is C17H25BrFNOSi. The van der Waals surface area contributed by atoms with Crippen molar-refractivity contribution in [2.75, 3.05) is 18.0 Å². The zero-order valence-electron chi connectivity index (χ0n) is 14.0. The van der Waals surface area contributed by atoms with Gasteiger partial charge in [-0.2, -0.15) is 0 Å². The van der Waals surface area contributed by atoms with E-state index in [1.54, 1.807) is 0 Å². The largest absolute Gasteiger partial charge is 0.547 e. The van der Waals surface area contributed by atoms with Crippen LogP contribution in [0, 0.1) is 5.82 Å². The van der Waals surface area contributed by atoms with Gasteiger partial charge in [-0.25, -0.2) is 4.39 Å². The summed E-state index contributed by atoms with van der Waals surface area (Å²) in [5, 5.41) is 0.197. The van der Waals surface area contributed by atoms with Gasteiger partial charge < -0.3 is 9.33 Å². The summed E-state index contributed by atoms with van der Waals surface area (Å²) in [6.07, 6.45) is 2.94. The van der Waals surface area contributed by atoms with Gasteiger partial charge in [-0.15, -0.1) is 0 Å². The molecule has 0 N–H and O–H groups in total. The summed E-state index contributed by atoms with van der Waals surface area (Å²) >= 11 is 3.30. The molecule has 0 amide bonds. The fourth-order valence-corrected chi connectivity index (χ4v) is 3.66. The summed E-state index contributed by atoms with van der Waals surface area (Å²) < 4.78 is 21.2. The summed E-state index contributed by atoms with van der Waals surface area (Å²) in [7, 11) is -1.78. The van der Waals surface area contributed by atoms with E-state index in [1.165, 1.54) is 6.07 Å². The highest BCUT2D eigenvalue weighted by Crippen LogP contribution is 2.38. The van der Waals surface area contributed by atoms with Crippen molar-refractivity contribution in [3.8, 4) is 0 Å². The lowest BCUT2D eigenvalue weighted by atomic mass is 10.2. The van der Waals surface area contributed by atoms with E-state index >= 15 is 0 Å². The van der Waals surface area contributed by atoms with E-state index < -0.39 is 8.32 Å². The van der Waals surface area contributed by atoms with Crippen molar-refractivity contribution in [3.05, 3.63) is 40.3 Å². The van der Waals surface area contributed by atoms with Crippen molar-refractivity contribution in [1.29, 1.82) is 0 Å². The van der Waals surface area contributed by atoms with E-state index in [2.05, 4.69) is 60.8 Å². The van der Waals surface area contributed by atoms with Gasteiger partial charge in [0.2, 0.25) is 8.32 Å². The minimum atomic E-state index is -1.78. The summed E-state index contributed by atoms with van der Waals surface area (Å²) in [5.74, 6) is 0.886. The molecule has 1 aliphatic heterocycles. The topological polar surface area (TPSA) is 12.5 Å². The van der Waals surface area contributed by atoms with E-state index in [4.69, 9.17) is 4.43 Å². The van der Waals surface area contributed by atoms with Gasteiger partial charge in [0.05, 0.1) is 11.4 Å². The van der Waals surface area contributed by atoms with Crippen LogP contribution in [0.5, 0.6) is 0 Å². The molecule has 1 heterocycles. The second kappa shape index (κ2) is 6.36. The molecule has 0 bridgehead atoms. The first-order chi connectivity index (χ1) is 10.1. The van der Waals surface area contributed by atoms with Crippen LogP contribution in [-0.2, 0) is 4.43 Å². The summed E-state index contributed by atoms with van der Waals surface area (Å²) in [6, 6.07) is 5.22. The Hall–Kier alpha value is -0.813. The monoisotopic (exact) mass is 385 g/mol. The summed E-state index contributed by atoms with van der Waals surface area (Å²) in [5.41, 5.74) is 0.658.